The van der Waals surface area contributed by atoms with Crippen LogP contribution in [0.15, 0.2) is 71.8 Å². The van der Waals surface area contributed by atoms with Crippen LogP contribution in [0.4, 0.5) is 14.5 Å². The zero-order valence-corrected chi connectivity index (χ0v) is 17.0. The molecule has 0 aliphatic carbocycles. The number of anilines is 1. The molecule has 0 aliphatic rings. The molecule has 0 unspecified atom stereocenters. The minimum atomic E-state index is -1.01. The average Bonchev–Trinajstić information content (AvgIpc) is 2.80. The van der Waals surface area contributed by atoms with E-state index in [1.54, 1.807) is 30.3 Å². The lowest BCUT2D eigenvalue weighted by atomic mass is 10.2. The third kappa shape index (κ3) is 6.11. The monoisotopic (exact) mass is 439 g/mol. The summed E-state index contributed by atoms with van der Waals surface area (Å²) in [6.45, 7) is 0.147. The van der Waals surface area contributed by atoms with Crippen molar-refractivity contribution >= 4 is 23.7 Å². The Hall–Kier alpha value is -4.27. The molecule has 0 fully saturated rings. The van der Waals surface area contributed by atoms with Crippen LogP contribution in [0.3, 0.4) is 0 Å². The number of benzene rings is 3. The number of nitrogens with zero attached hydrogens (tertiary/aromatic N) is 1. The van der Waals surface area contributed by atoms with Crippen molar-refractivity contribution < 1.29 is 27.8 Å². The van der Waals surface area contributed by atoms with Crippen LogP contribution < -0.4 is 20.2 Å². The van der Waals surface area contributed by atoms with Crippen molar-refractivity contribution in [3.63, 3.8) is 0 Å². The third-order valence-corrected chi connectivity index (χ3v) is 4.20. The van der Waals surface area contributed by atoms with Gasteiger partial charge in [-0.2, -0.15) is 5.10 Å². The number of hydrazone groups is 1. The van der Waals surface area contributed by atoms with E-state index in [2.05, 4.69) is 15.8 Å². The first kappa shape index (κ1) is 22.4. The van der Waals surface area contributed by atoms with Crippen LogP contribution in [0.2, 0.25) is 0 Å². The number of para-hydroxylation sites is 1. The van der Waals surface area contributed by atoms with Crippen molar-refractivity contribution in [2.75, 3.05) is 12.4 Å². The zero-order valence-electron chi connectivity index (χ0n) is 17.0. The Kier molecular flexibility index (Phi) is 7.47. The smallest absolute Gasteiger partial charge is 0.329 e. The summed E-state index contributed by atoms with van der Waals surface area (Å²) in [4.78, 5) is 23.9. The van der Waals surface area contributed by atoms with Crippen LogP contribution in [0.25, 0.3) is 0 Å². The van der Waals surface area contributed by atoms with E-state index in [9.17, 15) is 18.4 Å². The number of ether oxygens (including phenoxy) is 2. The molecule has 0 saturated carbocycles. The highest BCUT2D eigenvalue weighted by Gasteiger charge is 2.14. The van der Waals surface area contributed by atoms with E-state index in [1.165, 1.54) is 37.6 Å². The molecule has 3 rings (SSSR count). The predicted molar refractivity (Wildman–Crippen MR) is 114 cm³/mol. The summed E-state index contributed by atoms with van der Waals surface area (Å²) in [5.74, 6) is -2.01. The number of carbonyl (C=O) groups excluding carboxylic acids is 2. The molecule has 0 spiro atoms. The van der Waals surface area contributed by atoms with Gasteiger partial charge in [-0.3, -0.25) is 9.59 Å². The molecular formula is C23H19F2N3O4. The largest absolute Gasteiger partial charge is 0.493 e. The van der Waals surface area contributed by atoms with Crippen molar-refractivity contribution in [2.45, 2.75) is 6.61 Å². The minimum Gasteiger partial charge on any atom is -0.493 e. The van der Waals surface area contributed by atoms with E-state index >= 15 is 0 Å². The van der Waals surface area contributed by atoms with Crippen LogP contribution in [-0.2, 0) is 16.2 Å². The maximum absolute atomic E-state index is 13.1. The highest BCUT2D eigenvalue weighted by Crippen LogP contribution is 2.30. The first-order valence-electron chi connectivity index (χ1n) is 9.40. The van der Waals surface area contributed by atoms with Gasteiger partial charge in [0.1, 0.15) is 18.2 Å². The van der Waals surface area contributed by atoms with Gasteiger partial charge >= 0.3 is 11.8 Å². The zero-order chi connectivity index (χ0) is 22.9. The van der Waals surface area contributed by atoms with Crippen molar-refractivity contribution in [2.24, 2.45) is 5.10 Å². The van der Waals surface area contributed by atoms with E-state index in [-0.39, 0.29) is 18.1 Å². The van der Waals surface area contributed by atoms with Gasteiger partial charge in [0, 0.05) is 11.3 Å². The fourth-order valence-corrected chi connectivity index (χ4v) is 2.62. The Bertz CT molecular complexity index is 1120. The van der Waals surface area contributed by atoms with Crippen LogP contribution in [-0.4, -0.2) is 25.1 Å². The molecule has 164 valence electrons. The number of amides is 2. The number of methoxy groups -OCH3 is 1. The van der Waals surface area contributed by atoms with Gasteiger partial charge in [0.2, 0.25) is 0 Å². The average molecular weight is 439 g/mol. The summed E-state index contributed by atoms with van der Waals surface area (Å²) in [7, 11) is 1.47. The number of hydrogen-bond acceptors (Lipinski definition) is 5. The van der Waals surface area contributed by atoms with Gasteiger partial charge in [0.25, 0.3) is 0 Å². The van der Waals surface area contributed by atoms with E-state index in [0.717, 1.165) is 17.7 Å². The molecule has 0 heterocycles. The van der Waals surface area contributed by atoms with Gasteiger partial charge in [0.15, 0.2) is 11.5 Å². The maximum atomic E-state index is 13.1. The summed E-state index contributed by atoms with van der Waals surface area (Å²) in [5.41, 5.74) is 3.60. The minimum absolute atomic E-state index is 0.147. The highest BCUT2D eigenvalue weighted by atomic mass is 19.1. The summed E-state index contributed by atoms with van der Waals surface area (Å²) in [6, 6.07) is 15.9. The molecule has 2 amide bonds. The Morgan fingerprint density at radius 3 is 2.25 bits per heavy atom. The molecule has 2 N–H and O–H groups in total. The van der Waals surface area contributed by atoms with E-state index in [4.69, 9.17) is 9.47 Å². The number of hydrogen-bond donors (Lipinski definition) is 2. The van der Waals surface area contributed by atoms with Gasteiger partial charge < -0.3 is 14.8 Å². The predicted octanol–water partition coefficient (Wildman–Crippen LogP) is 3.64. The molecule has 0 aromatic heterocycles. The lowest BCUT2D eigenvalue weighted by molar-refractivity contribution is -0.136. The van der Waals surface area contributed by atoms with Crippen LogP contribution in [0, 0.1) is 11.6 Å². The molecule has 0 atom stereocenters. The van der Waals surface area contributed by atoms with Gasteiger partial charge in [-0.1, -0.05) is 18.2 Å². The normalized spacial score (nSPS) is 10.6. The molecule has 0 bridgehead atoms. The molecule has 7 nitrogen and oxygen atoms in total. The molecule has 3 aromatic rings. The number of carbonyl (C=O) groups is 2. The standard InChI is InChI=1S/C23H19F2N3O4/c1-31-20-4-2-3-16(21(20)32-14-15-5-7-17(24)8-6-15)13-26-28-23(30)22(29)27-19-11-9-18(25)10-12-19/h2-13H,14H2,1H3,(H,27,29)(H,28,30)/b26-13-. The first-order chi connectivity index (χ1) is 15.5. The van der Waals surface area contributed by atoms with Crippen molar-refractivity contribution in [3.8, 4) is 11.5 Å². The molecular weight excluding hydrogens is 420 g/mol. The van der Waals surface area contributed by atoms with Crippen LogP contribution >= 0.6 is 0 Å². The van der Waals surface area contributed by atoms with Gasteiger partial charge in [0.05, 0.1) is 13.3 Å². The van der Waals surface area contributed by atoms with Crippen molar-refractivity contribution in [1.82, 2.24) is 5.43 Å². The third-order valence-electron chi connectivity index (χ3n) is 4.20. The second-order valence-electron chi connectivity index (χ2n) is 6.45. The molecule has 0 aliphatic heterocycles. The first-order valence-corrected chi connectivity index (χ1v) is 9.40. The Labute approximate surface area is 182 Å². The summed E-state index contributed by atoms with van der Waals surface area (Å²) >= 11 is 0. The lowest BCUT2D eigenvalue weighted by Gasteiger charge is -2.13. The Morgan fingerprint density at radius 1 is 0.938 bits per heavy atom. The lowest BCUT2D eigenvalue weighted by Crippen LogP contribution is -2.32. The summed E-state index contributed by atoms with van der Waals surface area (Å²) in [6.07, 6.45) is 1.30. The van der Waals surface area contributed by atoms with Gasteiger partial charge in [-0.25, -0.2) is 14.2 Å². The Morgan fingerprint density at radius 2 is 1.59 bits per heavy atom. The SMILES string of the molecule is COc1cccc(/C=N\NC(=O)C(=O)Nc2ccc(F)cc2)c1OCc1ccc(F)cc1. The Balaban J connectivity index is 1.65. The van der Waals surface area contributed by atoms with Gasteiger partial charge in [-0.05, 0) is 54.1 Å². The maximum Gasteiger partial charge on any atom is 0.329 e. The molecule has 0 radical (unpaired) electrons. The second kappa shape index (κ2) is 10.7. The van der Waals surface area contributed by atoms with E-state index in [1.807, 2.05) is 0 Å². The van der Waals surface area contributed by atoms with Crippen LogP contribution in [0.5, 0.6) is 11.5 Å². The molecule has 3 aromatic carbocycles. The number of rotatable bonds is 7. The molecule has 0 saturated heterocycles. The van der Waals surface area contributed by atoms with E-state index < -0.39 is 17.6 Å². The quantitative estimate of drug-likeness (QED) is 0.334. The fraction of sp³-hybridized carbons (Fsp3) is 0.0870. The van der Waals surface area contributed by atoms with Crippen LogP contribution in [0.1, 0.15) is 11.1 Å². The highest BCUT2D eigenvalue weighted by molar-refractivity contribution is 6.39. The van der Waals surface area contributed by atoms with E-state index in [0.29, 0.717) is 17.1 Å². The molecule has 32 heavy (non-hydrogen) atoms. The second-order valence-corrected chi connectivity index (χ2v) is 6.45. The van der Waals surface area contributed by atoms with Gasteiger partial charge in [-0.15, -0.1) is 0 Å². The number of nitrogens with one attached hydrogen (secondary N) is 2. The van der Waals surface area contributed by atoms with Crippen molar-refractivity contribution in [3.05, 3.63) is 89.5 Å². The number of halogens is 2. The molecule has 9 heteroatoms. The topological polar surface area (TPSA) is 89.0 Å². The summed E-state index contributed by atoms with van der Waals surface area (Å²) in [5, 5.41) is 6.12. The van der Waals surface area contributed by atoms with Crippen molar-refractivity contribution in [1.29, 1.82) is 0 Å². The fourth-order valence-electron chi connectivity index (χ4n) is 2.62. The summed E-state index contributed by atoms with van der Waals surface area (Å²) < 4.78 is 37.1.